The SMILES string of the molecule is CCN1c2cc3c(cc2C=CC1(C)C)C(c1c(Cl)c(Cl)c(Cl)c(Cl)c1C(=O)O)=c1cc2c(cc1O3)=[N+](CCCC(=O)On1c(O)ccc1O)CC=C2. The first-order valence-corrected chi connectivity index (χ1v) is 17.9. The predicted molar refractivity (Wildman–Crippen MR) is 202 cm³/mol. The number of aromatic carboxylic acids is 1. The zero-order chi connectivity index (χ0) is 37.2. The molecule has 4 heterocycles. The van der Waals surface area contributed by atoms with Gasteiger partial charge in [0.25, 0.3) is 0 Å². The number of likely N-dealkylation sites (N-methyl/N-ethyl adjacent to an activating group) is 1. The Morgan fingerprint density at radius 3 is 2.35 bits per heavy atom. The molecule has 0 unspecified atom stereocenters. The van der Waals surface area contributed by atoms with Crippen LogP contribution in [0.2, 0.25) is 20.1 Å². The maximum absolute atomic E-state index is 12.9. The lowest BCUT2D eigenvalue weighted by molar-refractivity contribution is -0.145. The number of anilines is 1. The summed E-state index contributed by atoms with van der Waals surface area (Å²) < 4.78 is 9.43. The van der Waals surface area contributed by atoms with Gasteiger partial charge in [0.1, 0.15) is 18.0 Å². The lowest BCUT2D eigenvalue weighted by Gasteiger charge is -2.42. The minimum Gasteiger partial charge on any atom is -0.492 e. The van der Waals surface area contributed by atoms with Crippen LogP contribution in [0, 0.1) is 0 Å². The molecule has 0 fully saturated rings. The first-order chi connectivity index (χ1) is 24.7. The average molecular weight is 784 g/mol. The van der Waals surface area contributed by atoms with Crippen LogP contribution >= 0.6 is 46.4 Å². The molecule has 0 spiro atoms. The van der Waals surface area contributed by atoms with Gasteiger partial charge < -0.3 is 29.8 Å². The standard InChI is InChI=1S/C38H31Cl4N3O7/c1-4-44-24-18-26-22(16-20(24)11-12-38(44,2)3)30(31-32(37(49)50)34(40)36(42)35(41)33(31)39)21-15-19-7-5-13-43(23(19)17-25(21)51-26)14-6-8-29(48)52-45-27(46)9-10-28(45)47/h5,7,9-12,15-18H,4,6,8,13-14H2,1-3H3,(H2-,46,47,49,50)/p+1. The van der Waals surface area contributed by atoms with Gasteiger partial charge in [-0.3, -0.25) is 0 Å². The molecule has 3 N–H and O–H groups in total. The summed E-state index contributed by atoms with van der Waals surface area (Å²) in [5.41, 5.74) is 3.29. The molecule has 3 aliphatic heterocycles. The fraction of sp³-hybridized carbons (Fsp3) is 0.237. The monoisotopic (exact) mass is 782 g/mol. The van der Waals surface area contributed by atoms with E-state index in [4.69, 9.17) is 56.0 Å². The van der Waals surface area contributed by atoms with Crippen LogP contribution in [0.4, 0.5) is 5.69 Å². The number of halogens is 4. The molecule has 0 aliphatic carbocycles. The van der Waals surface area contributed by atoms with Gasteiger partial charge in [-0.1, -0.05) is 58.6 Å². The lowest BCUT2D eigenvalue weighted by atomic mass is 9.86. The van der Waals surface area contributed by atoms with E-state index in [1.165, 1.54) is 12.1 Å². The second kappa shape index (κ2) is 13.4. The van der Waals surface area contributed by atoms with E-state index in [9.17, 15) is 24.9 Å². The maximum atomic E-state index is 12.9. The van der Waals surface area contributed by atoms with E-state index in [0.29, 0.717) is 52.1 Å². The number of rotatable bonds is 8. The zero-order valence-corrected chi connectivity index (χ0v) is 31.2. The maximum Gasteiger partial charge on any atom is 0.337 e. The second-order valence-electron chi connectivity index (χ2n) is 13.1. The topological polar surface area (TPSA) is 124 Å². The molecule has 0 radical (unpaired) electrons. The quantitative estimate of drug-likeness (QED) is 0.0862. The number of aromatic hydroxyl groups is 2. The number of carboxylic acids is 1. The van der Waals surface area contributed by atoms with E-state index in [1.807, 2.05) is 42.5 Å². The molecular formula is C38H32Cl4N3O7+. The fourth-order valence-corrected chi connectivity index (χ4v) is 8.08. The second-order valence-corrected chi connectivity index (χ2v) is 14.6. The van der Waals surface area contributed by atoms with Gasteiger partial charge in [-0.05, 0) is 50.6 Å². The van der Waals surface area contributed by atoms with Crippen molar-refractivity contribution in [2.75, 3.05) is 24.5 Å². The third kappa shape index (κ3) is 5.97. The Morgan fingerprint density at radius 1 is 0.942 bits per heavy atom. The van der Waals surface area contributed by atoms with Gasteiger partial charge in [-0.25, -0.2) is 14.2 Å². The summed E-state index contributed by atoms with van der Waals surface area (Å²) >= 11 is 26.5. The number of aromatic nitrogens is 1. The fourth-order valence-electron chi connectivity index (χ4n) is 7.05. The van der Waals surface area contributed by atoms with Crippen LogP contribution in [0.3, 0.4) is 0 Å². The summed E-state index contributed by atoms with van der Waals surface area (Å²) in [6, 6.07) is 10.1. The van der Waals surface area contributed by atoms with Crippen molar-refractivity contribution in [1.82, 2.24) is 9.31 Å². The molecule has 3 aliphatic rings. The molecule has 52 heavy (non-hydrogen) atoms. The van der Waals surface area contributed by atoms with Crippen LogP contribution < -0.4 is 29.6 Å². The molecule has 0 saturated carbocycles. The highest BCUT2D eigenvalue weighted by Crippen LogP contribution is 2.49. The van der Waals surface area contributed by atoms with Crippen molar-refractivity contribution >= 4 is 81.8 Å². The molecule has 268 valence electrons. The van der Waals surface area contributed by atoms with Crippen molar-refractivity contribution < 1.29 is 34.5 Å². The number of hydrogen-bond acceptors (Lipinski definition) is 7. The smallest absolute Gasteiger partial charge is 0.337 e. The Kier molecular flexibility index (Phi) is 9.23. The number of nitrogens with zero attached hydrogens (tertiary/aromatic N) is 3. The number of hydrogen-bond donors (Lipinski definition) is 3. The molecule has 0 atom stereocenters. The van der Waals surface area contributed by atoms with Crippen molar-refractivity contribution in [3.8, 4) is 23.3 Å². The zero-order valence-electron chi connectivity index (χ0n) is 28.1. The summed E-state index contributed by atoms with van der Waals surface area (Å²) in [7, 11) is 0. The van der Waals surface area contributed by atoms with E-state index in [2.05, 4.69) is 36.3 Å². The minimum atomic E-state index is -1.33. The Morgan fingerprint density at radius 2 is 1.65 bits per heavy atom. The number of carbonyl (C=O) groups excluding carboxylic acids is 1. The van der Waals surface area contributed by atoms with Gasteiger partial charge in [0, 0.05) is 64.3 Å². The van der Waals surface area contributed by atoms with Crippen LogP contribution in [-0.4, -0.2) is 57.2 Å². The molecule has 14 heteroatoms. The van der Waals surface area contributed by atoms with Crippen LogP contribution in [0.15, 0.2) is 48.6 Å². The normalized spacial score (nSPS) is 15.1. The highest BCUT2D eigenvalue weighted by molar-refractivity contribution is 6.53. The summed E-state index contributed by atoms with van der Waals surface area (Å²) in [6.45, 7) is 8.06. The molecule has 7 rings (SSSR count). The van der Waals surface area contributed by atoms with Crippen molar-refractivity contribution in [1.29, 1.82) is 0 Å². The van der Waals surface area contributed by atoms with Crippen LogP contribution in [0.25, 0.3) is 17.7 Å². The molecular weight excluding hydrogens is 752 g/mol. The van der Waals surface area contributed by atoms with Gasteiger partial charge in [-0.2, -0.15) is 0 Å². The first kappa shape index (κ1) is 35.8. The van der Waals surface area contributed by atoms with Crippen molar-refractivity contribution in [3.63, 3.8) is 0 Å². The van der Waals surface area contributed by atoms with Crippen molar-refractivity contribution in [2.24, 2.45) is 0 Å². The average Bonchev–Trinajstić information content (AvgIpc) is 3.41. The third-order valence-corrected chi connectivity index (χ3v) is 11.3. The number of carbonyl (C=O) groups is 2. The molecule has 0 bridgehead atoms. The van der Waals surface area contributed by atoms with Gasteiger partial charge in [0.05, 0.1) is 43.7 Å². The largest absolute Gasteiger partial charge is 0.492 e. The van der Waals surface area contributed by atoms with Gasteiger partial charge >= 0.3 is 11.9 Å². The van der Waals surface area contributed by atoms with E-state index in [1.54, 1.807) is 0 Å². The van der Waals surface area contributed by atoms with Gasteiger partial charge in [0.15, 0.2) is 6.54 Å². The highest BCUT2D eigenvalue weighted by atomic mass is 35.5. The Balaban J connectivity index is 1.41. The lowest BCUT2D eigenvalue weighted by Crippen LogP contribution is -2.44. The summed E-state index contributed by atoms with van der Waals surface area (Å²) in [6.07, 6.45) is 8.52. The Labute approximate surface area is 318 Å². The number of ether oxygens (including phenoxy) is 1. The third-order valence-electron chi connectivity index (χ3n) is 9.48. The van der Waals surface area contributed by atoms with Crippen molar-refractivity contribution in [3.05, 3.63) is 107 Å². The molecule has 1 aromatic heterocycles. The number of carboxylic acid groups (broad SMARTS) is 1. The van der Waals surface area contributed by atoms with Crippen LogP contribution in [0.1, 0.15) is 66.2 Å². The molecule has 10 nitrogen and oxygen atoms in total. The number of benzene rings is 3. The van der Waals surface area contributed by atoms with Gasteiger partial charge in [-0.15, -0.1) is 4.73 Å². The Bertz CT molecular complexity index is 2400. The molecule has 4 aromatic rings. The highest BCUT2D eigenvalue weighted by Gasteiger charge is 2.35. The number of fused-ring (bicyclic) bond motifs is 4. The summed E-state index contributed by atoms with van der Waals surface area (Å²) in [4.78, 5) is 32.8. The van der Waals surface area contributed by atoms with E-state index in [-0.39, 0.29) is 43.2 Å². The Hall–Kier alpha value is -4.61. The van der Waals surface area contributed by atoms with Crippen LogP contribution in [0.5, 0.6) is 23.3 Å². The van der Waals surface area contributed by atoms with E-state index < -0.39 is 23.7 Å². The van der Waals surface area contributed by atoms with E-state index >= 15 is 0 Å². The molecule has 0 saturated heterocycles. The minimum absolute atomic E-state index is 0.0116. The van der Waals surface area contributed by atoms with Crippen LogP contribution in [-0.2, 0) is 4.79 Å². The van der Waals surface area contributed by atoms with Gasteiger partial charge in [0.2, 0.25) is 17.1 Å². The summed E-state index contributed by atoms with van der Waals surface area (Å²) in [5.74, 6) is -1.82. The van der Waals surface area contributed by atoms with E-state index in [0.717, 1.165) is 28.7 Å². The molecule has 0 amide bonds. The summed E-state index contributed by atoms with van der Waals surface area (Å²) in [5, 5.41) is 31.0. The van der Waals surface area contributed by atoms with Crippen molar-refractivity contribution in [2.45, 2.75) is 39.2 Å². The first-order valence-electron chi connectivity index (χ1n) is 16.4. The predicted octanol–water partition coefficient (Wildman–Crippen LogP) is 7.15. The molecule has 3 aromatic carbocycles.